The molecule has 0 radical (unpaired) electrons. The number of nitrogens with one attached hydrogen (secondary N) is 1. The highest BCUT2D eigenvalue weighted by Crippen LogP contribution is 2.35. The first-order valence-electron chi connectivity index (χ1n) is 8.82. The quantitative estimate of drug-likeness (QED) is 0.910. The zero-order valence-corrected chi connectivity index (χ0v) is 13.7. The monoisotopic (exact) mass is 286 g/mol. The highest BCUT2D eigenvalue weighted by Gasteiger charge is 2.37. The second-order valence-corrected chi connectivity index (χ2v) is 6.84. The third-order valence-electron chi connectivity index (χ3n) is 5.93. The molecule has 0 bridgehead atoms. The maximum Gasteiger partial charge on any atom is 0.0329 e. The van der Waals surface area contributed by atoms with Crippen LogP contribution in [0.15, 0.2) is 24.3 Å². The lowest BCUT2D eigenvalue weighted by atomic mass is 9.80. The maximum atomic E-state index is 3.62. The Balaban J connectivity index is 1.79. The van der Waals surface area contributed by atoms with Crippen molar-refractivity contribution in [2.45, 2.75) is 57.4 Å². The molecule has 1 aromatic carbocycles. The standard InChI is InChI=1S/C19H30N2/c1-3-19(4-2)15-20-12-13-21(19)14-17-10-7-9-16-8-5-6-11-18(16)17/h5-6,8,11,17,20H,3-4,7,9-10,12-15H2,1-2H3. The number of fused-ring (bicyclic) bond motifs is 1. The molecular formula is C19H30N2. The maximum absolute atomic E-state index is 3.62. The van der Waals surface area contributed by atoms with E-state index in [0.717, 1.165) is 19.0 Å². The van der Waals surface area contributed by atoms with Gasteiger partial charge in [-0.05, 0) is 49.1 Å². The van der Waals surface area contributed by atoms with Crippen LogP contribution < -0.4 is 5.32 Å². The van der Waals surface area contributed by atoms with Crippen molar-refractivity contribution in [3.63, 3.8) is 0 Å². The molecule has 116 valence electrons. The van der Waals surface area contributed by atoms with Crippen LogP contribution in [0.1, 0.15) is 56.6 Å². The highest BCUT2D eigenvalue weighted by molar-refractivity contribution is 5.33. The minimum atomic E-state index is 0.380. The fraction of sp³-hybridized carbons (Fsp3) is 0.684. The molecule has 2 aliphatic rings. The summed E-state index contributed by atoms with van der Waals surface area (Å²) in [5.74, 6) is 0.741. The second kappa shape index (κ2) is 6.50. The van der Waals surface area contributed by atoms with E-state index < -0.39 is 0 Å². The summed E-state index contributed by atoms with van der Waals surface area (Å²) in [6, 6.07) is 9.14. The fourth-order valence-corrected chi connectivity index (χ4v) is 4.43. The van der Waals surface area contributed by atoms with Crippen LogP contribution in [0.25, 0.3) is 0 Å². The van der Waals surface area contributed by atoms with Crippen molar-refractivity contribution in [3.8, 4) is 0 Å². The van der Waals surface area contributed by atoms with Gasteiger partial charge in [0.25, 0.3) is 0 Å². The van der Waals surface area contributed by atoms with Gasteiger partial charge in [-0.2, -0.15) is 0 Å². The average Bonchev–Trinajstić information content (AvgIpc) is 2.56. The number of benzene rings is 1. The summed E-state index contributed by atoms with van der Waals surface area (Å²) in [4.78, 5) is 2.80. The molecule has 0 spiro atoms. The Kier molecular flexibility index (Phi) is 4.66. The molecule has 1 saturated heterocycles. The van der Waals surface area contributed by atoms with Crippen LogP contribution in [0, 0.1) is 0 Å². The molecular weight excluding hydrogens is 256 g/mol. The second-order valence-electron chi connectivity index (χ2n) is 6.84. The summed E-state index contributed by atoms with van der Waals surface area (Å²) >= 11 is 0. The van der Waals surface area contributed by atoms with Crippen molar-refractivity contribution in [1.82, 2.24) is 10.2 Å². The molecule has 0 amide bonds. The Hall–Kier alpha value is -0.860. The zero-order valence-electron chi connectivity index (χ0n) is 13.7. The van der Waals surface area contributed by atoms with E-state index in [9.17, 15) is 0 Å². The summed E-state index contributed by atoms with van der Waals surface area (Å²) in [5, 5.41) is 3.62. The molecule has 0 saturated carbocycles. The van der Waals surface area contributed by atoms with E-state index in [4.69, 9.17) is 0 Å². The summed E-state index contributed by atoms with van der Waals surface area (Å²) in [6.07, 6.45) is 6.51. The molecule has 1 N–H and O–H groups in total. The minimum absolute atomic E-state index is 0.380. The Morgan fingerprint density at radius 3 is 2.86 bits per heavy atom. The van der Waals surface area contributed by atoms with Gasteiger partial charge in [0.1, 0.15) is 0 Å². The normalized spacial score (nSPS) is 25.5. The number of rotatable bonds is 4. The van der Waals surface area contributed by atoms with Crippen LogP contribution in [-0.2, 0) is 6.42 Å². The summed E-state index contributed by atoms with van der Waals surface area (Å²) in [5.41, 5.74) is 3.61. The van der Waals surface area contributed by atoms with Crippen molar-refractivity contribution in [2.24, 2.45) is 0 Å². The predicted molar refractivity (Wildman–Crippen MR) is 89.9 cm³/mol. The molecule has 1 aromatic rings. The van der Waals surface area contributed by atoms with Crippen molar-refractivity contribution < 1.29 is 0 Å². The predicted octanol–water partition coefficient (Wildman–Crippen LogP) is 3.57. The molecule has 1 unspecified atom stereocenters. The van der Waals surface area contributed by atoms with Crippen molar-refractivity contribution in [1.29, 1.82) is 0 Å². The van der Waals surface area contributed by atoms with E-state index in [0.29, 0.717) is 5.54 Å². The van der Waals surface area contributed by atoms with Crippen LogP contribution in [0.4, 0.5) is 0 Å². The first-order chi connectivity index (χ1) is 10.3. The van der Waals surface area contributed by atoms with E-state index in [-0.39, 0.29) is 0 Å². The molecule has 2 nitrogen and oxygen atoms in total. The molecule has 1 heterocycles. The molecule has 0 aromatic heterocycles. The highest BCUT2D eigenvalue weighted by atomic mass is 15.3. The Morgan fingerprint density at radius 2 is 2.05 bits per heavy atom. The molecule has 1 aliphatic carbocycles. The lowest BCUT2D eigenvalue weighted by molar-refractivity contribution is 0.0446. The minimum Gasteiger partial charge on any atom is -0.314 e. The fourth-order valence-electron chi connectivity index (χ4n) is 4.43. The molecule has 21 heavy (non-hydrogen) atoms. The van der Waals surface area contributed by atoms with Crippen LogP contribution in [-0.4, -0.2) is 36.6 Å². The van der Waals surface area contributed by atoms with Gasteiger partial charge >= 0.3 is 0 Å². The zero-order chi connectivity index (χ0) is 14.7. The van der Waals surface area contributed by atoms with E-state index in [2.05, 4.69) is 48.3 Å². The van der Waals surface area contributed by atoms with Crippen LogP contribution >= 0.6 is 0 Å². The first-order valence-corrected chi connectivity index (χ1v) is 8.82. The van der Waals surface area contributed by atoms with Gasteiger partial charge in [-0.3, -0.25) is 4.90 Å². The van der Waals surface area contributed by atoms with Gasteiger partial charge in [-0.25, -0.2) is 0 Å². The lowest BCUT2D eigenvalue weighted by Crippen LogP contribution is -2.61. The first kappa shape index (κ1) is 15.1. The molecule has 1 aliphatic heterocycles. The van der Waals surface area contributed by atoms with Gasteiger partial charge in [0, 0.05) is 31.7 Å². The number of hydrogen-bond donors (Lipinski definition) is 1. The van der Waals surface area contributed by atoms with Crippen LogP contribution in [0.3, 0.4) is 0 Å². The summed E-state index contributed by atoms with van der Waals surface area (Å²) in [7, 11) is 0. The molecule has 1 atom stereocenters. The molecule has 1 fully saturated rings. The summed E-state index contributed by atoms with van der Waals surface area (Å²) in [6.45, 7) is 9.49. The van der Waals surface area contributed by atoms with E-state index in [1.165, 1.54) is 45.2 Å². The average molecular weight is 286 g/mol. The van der Waals surface area contributed by atoms with Gasteiger partial charge < -0.3 is 5.32 Å². The van der Waals surface area contributed by atoms with Gasteiger partial charge in [0.05, 0.1) is 0 Å². The smallest absolute Gasteiger partial charge is 0.0329 e. The van der Waals surface area contributed by atoms with E-state index >= 15 is 0 Å². The third kappa shape index (κ3) is 2.89. The Bertz CT molecular complexity index is 464. The van der Waals surface area contributed by atoms with Crippen LogP contribution in [0.2, 0.25) is 0 Å². The Morgan fingerprint density at radius 1 is 1.24 bits per heavy atom. The SMILES string of the molecule is CCC1(CC)CNCCN1CC1CCCc2ccccc21. The van der Waals surface area contributed by atoms with Crippen molar-refractivity contribution in [2.75, 3.05) is 26.2 Å². The molecule has 3 rings (SSSR count). The van der Waals surface area contributed by atoms with Crippen molar-refractivity contribution >= 4 is 0 Å². The van der Waals surface area contributed by atoms with Crippen molar-refractivity contribution in [3.05, 3.63) is 35.4 Å². The lowest BCUT2D eigenvalue weighted by Gasteiger charge is -2.48. The summed E-state index contributed by atoms with van der Waals surface area (Å²) < 4.78 is 0. The number of hydrogen-bond acceptors (Lipinski definition) is 2. The number of piperazine rings is 1. The number of aryl methyl sites for hydroxylation is 1. The van der Waals surface area contributed by atoms with E-state index in [1.807, 2.05) is 0 Å². The van der Waals surface area contributed by atoms with Gasteiger partial charge in [0.2, 0.25) is 0 Å². The topological polar surface area (TPSA) is 15.3 Å². The van der Waals surface area contributed by atoms with E-state index in [1.54, 1.807) is 11.1 Å². The third-order valence-corrected chi connectivity index (χ3v) is 5.93. The largest absolute Gasteiger partial charge is 0.314 e. The van der Waals surface area contributed by atoms with Gasteiger partial charge in [-0.1, -0.05) is 38.1 Å². The number of nitrogens with zero attached hydrogens (tertiary/aromatic N) is 1. The molecule has 2 heteroatoms. The van der Waals surface area contributed by atoms with Gasteiger partial charge in [-0.15, -0.1) is 0 Å². The van der Waals surface area contributed by atoms with Crippen LogP contribution in [0.5, 0.6) is 0 Å². The Labute approximate surface area is 129 Å². The van der Waals surface area contributed by atoms with Gasteiger partial charge in [0.15, 0.2) is 0 Å².